The second kappa shape index (κ2) is 10.5. The fourth-order valence-electron chi connectivity index (χ4n) is 2.88. The van der Waals surface area contributed by atoms with E-state index in [9.17, 15) is 9.47 Å². The average molecular weight is 407 g/mol. The number of hydrogen-bond donors (Lipinski definition) is 2. The van der Waals surface area contributed by atoms with Gasteiger partial charge in [0.15, 0.2) is 0 Å². The molecule has 0 aliphatic heterocycles. The summed E-state index contributed by atoms with van der Waals surface area (Å²) in [5.41, 5.74) is 3.86. The van der Waals surface area contributed by atoms with Crippen LogP contribution in [-0.4, -0.2) is 15.9 Å². The lowest BCUT2D eigenvalue weighted by atomic mass is 10.0. The Kier molecular flexibility index (Phi) is 9.02. The number of rotatable bonds is 7. The van der Waals surface area contributed by atoms with Crippen molar-refractivity contribution in [2.75, 3.05) is 6.16 Å². The van der Waals surface area contributed by atoms with Gasteiger partial charge < -0.3 is 14.5 Å². The Morgan fingerprint density at radius 1 is 1.07 bits per heavy atom. The lowest BCUT2D eigenvalue weighted by molar-refractivity contribution is 0.373. The van der Waals surface area contributed by atoms with Gasteiger partial charge in [0.25, 0.3) is 0 Å². The van der Waals surface area contributed by atoms with Gasteiger partial charge in [-0.15, -0.1) is 4.91 Å². The molecule has 0 fully saturated rings. The minimum absolute atomic E-state index is 0.142. The monoisotopic (exact) mass is 407 g/mol. The Morgan fingerprint density at radius 2 is 1.64 bits per heavy atom. The van der Waals surface area contributed by atoms with Crippen molar-refractivity contribution in [1.29, 1.82) is 0 Å². The lowest BCUT2D eigenvalue weighted by Crippen LogP contribution is -1.98. The van der Waals surface area contributed by atoms with Crippen molar-refractivity contribution in [3.05, 3.63) is 57.5 Å². The van der Waals surface area contributed by atoms with E-state index in [1.807, 2.05) is 59.7 Å². The summed E-state index contributed by atoms with van der Waals surface area (Å²) >= 11 is 0. The third kappa shape index (κ3) is 6.86. The van der Waals surface area contributed by atoms with Crippen molar-refractivity contribution in [2.24, 2.45) is 5.18 Å². The summed E-state index contributed by atoms with van der Waals surface area (Å²) in [6, 6.07) is 8.94. The van der Waals surface area contributed by atoms with Gasteiger partial charge >= 0.3 is 7.60 Å². The highest BCUT2D eigenvalue weighted by atomic mass is 31.2. The summed E-state index contributed by atoms with van der Waals surface area (Å²) in [7, 11) is -4.02. The number of ether oxygens (including phenoxy) is 1. The Labute approximate surface area is 167 Å². The maximum absolute atomic E-state index is 11.1. The van der Waals surface area contributed by atoms with Crippen LogP contribution in [0, 0.1) is 18.8 Å². The first-order valence-corrected chi connectivity index (χ1v) is 11.2. The average Bonchev–Trinajstić information content (AvgIpc) is 2.64. The molecule has 0 unspecified atom stereocenters. The SMILES string of the molecule is CC.Cc1cc(CCP(=O)(O)O)cc(C)c1Oc1ccc(N=O)c(C(C)C)c1. The predicted molar refractivity (Wildman–Crippen MR) is 114 cm³/mol. The molecule has 7 heteroatoms. The van der Waals surface area contributed by atoms with Crippen LogP contribution in [-0.2, 0) is 11.0 Å². The topological polar surface area (TPSA) is 96.2 Å². The van der Waals surface area contributed by atoms with Crippen LogP contribution in [0.1, 0.15) is 55.9 Å². The first-order chi connectivity index (χ1) is 13.1. The number of nitroso groups, excluding NO2 is 1. The van der Waals surface area contributed by atoms with Crippen molar-refractivity contribution in [1.82, 2.24) is 0 Å². The van der Waals surface area contributed by atoms with E-state index in [2.05, 4.69) is 5.18 Å². The quantitative estimate of drug-likeness (QED) is 0.411. The molecule has 154 valence electrons. The lowest BCUT2D eigenvalue weighted by Gasteiger charge is -2.16. The van der Waals surface area contributed by atoms with Crippen molar-refractivity contribution in [2.45, 2.75) is 53.9 Å². The predicted octanol–water partition coefficient (Wildman–Crippen LogP) is 6.36. The molecule has 6 nitrogen and oxygen atoms in total. The van der Waals surface area contributed by atoms with Crippen LogP contribution in [0.25, 0.3) is 0 Å². The molecular weight excluding hydrogens is 377 g/mol. The van der Waals surface area contributed by atoms with Crippen molar-refractivity contribution in [3.8, 4) is 11.5 Å². The maximum Gasteiger partial charge on any atom is 0.325 e. The van der Waals surface area contributed by atoms with Crippen molar-refractivity contribution >= 4 is 13.3 Å². The fourth-order valence-corrected chi connectivity index (χ4v) is 3.43. The van der Waals surface area contributed by atoms with Gasteiger partial charge in [0.1, 0.15) is 17.2 Å². The summed E-state index contributed by atoms with van der Waals surface area (Å²) < 4.78 is 17.1. The van der Waals surface area contributed by atoms with E-state index < -0.39 is 7.60 Å². The second-order valence-corrected chi connectivity index (χ2v) is 8.54. The highest BCUT2D eigenvalue weighted by molar-refractivity contribution is 7.51. The molecule has 0 spiro atoms. The zero-order valence-electron chi connectivity index (χ0n) is 17.4. The van der Waals surface area contributed by atoms with Gasteiger partial charge in [0, 0.05) is 0 Å². The standard InChI is InChI=1S/C19H24NO5P.C2H6/c1-12(2)17-11-16(5-6-18(17)20-21)25-19-13(3)9-15(10-14(19)4)7-8-26(22,23)24;1-2/h5-6,9-12H,7-8H2,1-4H3,(H2,22,23,24);1-2H3. The second-order valence-electron chi connectivity index (χ2n) is 6.77. The van der Waals surface area contributed by atoms with Crippen LogP contribution in [0.2, 0.25) is 0 Å². The molecular formula is C21H30NO5P. The van der Waals surface area contributed by atoms with Gasteiger partial charge in [-0.3, -0.25) is 4.57 Å². The van der Waals surface area contributed by atoms with Crippen molar-refractivity contribution in [3.63, 3.8) is 0 Å². The van der Waals surface area contributed by atoms with Gasteiger partial charge in [0.05, 0.1) is 6.16 Å². The van der Waals surface area contributed by atoms with Crippen molar-refractivity contribution < 1.29 is 19.1 Å². The fraction of sp³-hybridized carbons (Fsp3) is 0.429. The molecule has 2 aromatic rings. The minimum atomic E-state index is -4.02. The number of aryl methyl sites for hydroxylation is 3. The number of nitrogens with zero attached hydrogens (tertiary/aromatic N) is 1. The molecule has 2 aromatic carbocycles. The van der Waals surface area contributed by atoms with Gasteiger partial charge in [-0.1, -0.05) is 39.8 Å². The van der Waals surface area contributed by atoms with Crippen LogP contribution < -0.4 is 4.74 Å². The Bertz CT molecular complexity index is 835. The normalized spacial score (nSPS) is 11.0. The number of hydrogen-bond acceptors (Lipinski definition) is 4. The molecule has 0 saturated heterocycles. The van der Waals surface area contributed by atoms with Crippen LogP contribution in [0.3, 0.4) is 0 Å². The summed E-state index contributed by atoms with van der Waals surface area (Å²) in [4.78, 5) is 29.0. The van der Waals surface area contributed by atoms with E-state index in [1.54, 1.807) is 12.1 Å². The molecule has 2 rings (SSSR count). The third-order valence-corrected chi connectivity index (χ3v) is 4.96. The minimum Gasteiger partial charge on any atom is -0.457 e. The van der Waals surface area contributed by atoms with E-state index >= 15 is 0 Å². The smallest absolute Gasteiger partial charge is 0.325 e. The largest absolute Gasteiger partial charge is 0.457 e. The molecule has 0 aliphatic carbocycles. The number of benzene rings is 2. The maximum atomic E-state index is 11.1. The van der Waals surface area contributed by atoms with E-state index in [4.69, 9.17) is 14.5 Å². The van der Waals surface area contributed by atoms with Crippen LogP contribution in [0.5, 0.6) is 11.5 Å². The summed E-state index contributed by atoms with van der Waals surface area (Å²) in [5.74, 6) is 1.46. The van der Waals surface area contributed by atoms with E-state index in [0.29, 0.717) is 23.6 Å². The summed E-state index contributed by atoms with van der Waals surface area (Å²) in [6.07, 6.45) is 0.132. The Hall–Kier alpha value is -2.01. The highest BCUT2D eigenvalue weighted by Crippen LogP contribution is 2.37. The molecule has 28 heavy (non-hydrogen) atoms. The van der Waals surface area contributed by atoms with Gasteiger partial charge in [-0.25, -0.2) is 0 Å². The zero-order chi connectivity index (χ0) is 21.5. The van der Waals surface area contributed by atoms with Crippen LogP contribution in [0.4, 0.5) is 5.69 Å². The molecule has 0 bridgehead atoms. The molecule has 0 radical (unpaired) electrons. The Morgan fingerprint density at radius 3 is 2.11 bits per heavy atom. The molecule has 0 atom stereocenters. The first-order valence-electron chi connectivity index (χ1n) is 9.40. The molecule has 0 heterocycles. The molecule has 0 aliphatic rings. The molecule has 2 N–H and O–H groups in total. The highest BCUT2D eigenvalue weighted by Gasteiger charge is 2.15. The van der Waals surface area contributed by atoms with Gasteiger partial charge in [0.2, 0.25) is 0 Å². The molecule has 0 amide bonds. The summed E-state index contributed by atoms with van der Waals surface area (Å²) in [5, 5.41) is 3.06. The first kappa shape index (κ1) is 24.0. The van der Waals surface area contributed by atoms with E-state index in [1.165, 1.54) is 0 Å². The third-order valence-electron chi connectivity index (χ3n) is 4.15. The molecule has 0 aromatic heterocycles. The van der Waals surface area contributed by atoms with E-state index in [-0.39, 0.29) is 12.1 Å². The van der Waals surface area contributed by atoms with Crippen LogP contribution >= 0.6 is 7.60 Å². The van der Waals surface area contributed by atoms with E-state index in [0.717, 1.165) is 22.3 Å². The zero-order valence-corrected chi connectivity index (χ0v) is 18.3. The molecule has 0 saturated carbocycles. The Balaban J connectivity index is 0.00000190. The van der Waals surface area contributed by atoms with Crippen LogP contribution in [0.15, 0.2) is 35.5 Å². The van der Waals surface area contributed by atoms with Gasteiger partial charge in [-0.2, -0.15) is 0 Å². The summed E-state index contributed by atoms with van der Waals surface area (Å²) in [6.45, 7) is 11.8. The van der Waals surface area contributed by atoms with Gasteiger partial charge in [-0.05, 0) is 71.8 Å².